The summed E-state index contributed by atoms with van der Waals surface area (Å²) in [7, 11) is 0. The average Bonchev–Trinajstić information content (AvgIpc) is 2.19. The number of hydrogen-bond acceptors (Lipinski definition) is 1. The Labute approximate surface area is 99.4 Å². The Bertz CT molecular complexity index is 316. The highest BCUT2D eigenvalue weighted by molar-refractivity contribution is 14.1. The molecule has 2 heteroatoms. The fraction of sp³-hybridized carbons (Fsp3) is 0.500. The van der Waals surface area contributed by atoms with Crippen molar-refractivity contribution < 1.29 is 0 Å². The second kappa shape index (κ2) is 4.62. The van der Waals surface area contributed by atoms with Crippen LogP contribution in [0, 0.1) is 10.5 Å². The van der Waals surface area contributed by atoms with E-state index in [9.17, 15) is 0 Å². The molecule has 1 nitrogen and oxygen atoms in total. The first-order valence-corrected chi connectivity index (χ1v) is 6.34. The maximum Gasteiger partial charge on any atom is 0.0322 e. The molecule has 0 aromatic heterocycles. The van der Waals surface area contributed by atoms with Gasteiger partial charge in [0.05, 0.1) is 0 Å². The third-order valence-corrected chi connectivity index (χ3v) is 3.59. The van der Waals surface area contributed by atoms with E-state index in [0.29, 0.717) is 6.04 Å². The molecule has 0 bridgehead atoms. The van der Waals surface area contributed by atoms with Gasteiger partial charge >= 0.3 is 0 Å². The maximum atomic E-state index is 3.59. The van der Waals surface area contributed by atoms with Crippen LogP contribution in [-0.2, 0) is 0 Å². The molecule has 1 saturated heterocycles. The van der Waals surface area contributed by atoms with Gasteiger partial charge < -0.3 is 5.32 Å². The van der Waals surface area contributed by atoms with E-state index in [1.54, 1.807) is 0 Å². The van der Waals surface area contributed by atoms with Gasteiger partial charge in [0, 0.05) is 9.61 Å². The summed E-state index contributed by atoms with van der Waals surface area (Å²) in [6.45, 7) is 3.39. The predicted octanol–water partition coefficient (Wildman–Crippen LogP) is 3.41. The number of piperidine rings is 1. The van der Waals surface area contributed by atoms with Crippen molar-refractivity contribution in [2.45, 2.75) is 32.2 Å². The molecular weight excluding hydrogens is 285 g/mol. The van der Waals surface area contributed by atoms with Gasteiger partial charge in [-0.05, 0) is 72.2 Å². The SMILES string of the molecule is Cc1cc(I)ccc1C1CCCCN1. The zero-order valence-electron chi connectivity index (χ0n) is 8.52. The van der Waals surface area contributed by atoms with Crippen LogP contribution in [0.25, 0.3) is 0 Å². The molecule has 1 aromatic carbocycles. The van der Waals surface area contributed by atoms with Crippen LogP contribution in [0.4, 0.5) is 0 Å². The van der Waals surface area contributed by atoms with Crippen molar-refractivity contribution in [1.29, 1.82) is 0 Å². The third kappa shape index (κ3) is 2.28. The molecule has 1 aliphatic heterocycles. The molecule has 76 valence electrons. The van der Waals surface area contributed by atoms with Gasteiger partial charge in [0.1, 0.15) is 0 Å². The molecule has 1 fully saturated rings. The summed E-state index contributed by atoms with van der Waals surface area (Å²) in [4.78, 5) is 0. The molecule has 2 rings (SSSR count). The van der Waals surface area contributed by atoms with Crippen molar-refractivity contribution in [1.82, 2.24) is 5.32 Å². The lowest BCUT2D eigenvalue weighted by Gasteiger charge is -2.25. The first-order valence-electron chi connectivity index (χ1n) is 5.27. The molecule has 0 amide bonds. The van der Waals surface area contributed by atoms with Crippen molar-refractivity contribution >= 4 is 22.6 Å². The van der Waals surface area contributed by atoms with Gasteiger partial charge in [0.15, 0.2) is 0 Å². The summed E-state index contributed by atoms with van der Waals surface area (Å²) in [6, 6.07) is 7.35. The van der Waals surface area contributed by atoms with Crippen LogP contribution >= 0.6 is 22.6 Å². The molecular formula is C12H16IN. The van der Waals surface area contributed by atoms with Gasteiger partial charge in [-0.3, -0.25) is 0 Å². The molecule has 1 aliphatic rings. The standard InChI is InChI=1S/C12H16IN/c1-9-8-10(13)5-6-11(9)12-4-2-3-7-14-12/h5-6,8,12,14H,2-4,7H2,1H3. The summed E-state index contributed by atoms with van der Waals surface area (Å²) in [5.41, 5.74) is 2.92. The average molecular weight is 301 g/mol. The summed E-state index contributed by atoms with van der Waals surface area (Å²) in [5.74, 6) is 0. The topological polar surface area (TPSA) is 12.0 Å². The lowest BCUT2D eigenvalue weighted by atomic mass is 9.94. The molecule has 14 heavy (non-hydrogen) atoms. The van der Waals surface area contributed by atoms with Crippen LogP contribution in [0.1, 0.15) is 36.4 Å². The lowest BCUT2D eigenvalue weighted by Crippen LogP contribution is -2.27. The maximum absolute atomic E-state index is 3.59. The predicted molar refractivity (Wildman–Crippen MR) is 68.5 cm³/mol. The van der Waals surface area contributed by atoms with Gasteiger partial charge in [-0.15, -0.1) is 0 Å². The van der Waals surface area contributed by atoms with Crippen LogP contribution in [0.3, 0.4) is 0 Å². The highest BCUT2D eigenvalue weighted by atomic mass is 127. The van der Waals surface area contributed by atoms with E-state index < -0.39 is 0 Å². The van der Waals surface area contributed by atoms with Crippen LogP contribution in [0.15, 0.2) is 18.2 Å². The van der Waals surface area contributed by atoms with Gasteiger partial charge in [-0.1, -0.05) is 12.5 Å². The van der Waals surface area contributed by atoms with E-state index in [1.807, 2.05) is 0 Å². The largest absolute Gasteiger partial charge is 0.310 e. The molecule has 1 heterocycles. The smallest absolute Gasteiger partial charge is 0.0322 e. The normalized spacial score (nSPS) is 22.3. The Hall–Kier alpha value is -0.0900. The van der Waals surface area contributed by atoms with Crippen LogP contribution in [-0.4, -0.2) is 6.54 Å². The second-order valence-corrected chi connectivity index (χ2v) is 5.25. The minimum absolute atomic E-state index is 0.598. The van der Waals surface area contributed by atoms with E-state index in [-0.39, 0.29) is 0 Å². The molecule has 1 unspecified atom stereocenters. The van der Waals surface area contributed by atoms with E-state index in [4.69, 9.17) is 0 Å². The number of aryl methyl sites for hydroxylation is 1. The Morgan fingerprint density at radius 3 is 2.86 bits per heavy atom. The quantitative estimate of drug-likeness (QED) is 0.784. The summed E-state index contributed by atoms with van der Waals surface area (Å²) in [6.07, 6.45) is 3.99. The highest BCUT2D eigenvalue weighted by Crippen LogP contribution is 2.26. The van der Waals surface area contributed by atoms with Gasteiger partial charge in [0.25, 0.3) is 0 Å². The Morgan fingerprint density at radius 1 is 1.36 bits per heavy atom. The first-order chi connectivity index (χ1) is 6.77. The Morgan fingerprint density at radius 2 is 2.21 bits per heavy atom. The summed E-state index contributed by atoms with van der Waals surface area (Å²) in [5, 5.41) is 3.59. The monoisotopic (exact) mass is 301 g/mol. The number of halogens is 1. The van der Waals surface area contributed by atoms with Crippen molar-refractivity contribution in [3.05, 3.63) is 32.9 Å². The van der Waals surface area contributed by atoms with Crippen molar-refractivity contribution in [2.24, 2.45) is 0 Å². The van der Waals surface area contributed by atoms with E-state index in [0.717, 1.165) is 0 Å². The van der Waals surface area contributed by atoms with Gasteiger partial charge in [0.2, 0.25) is 0 Å². The summed E-state index contributed by atoms with van der Waals surface area (Å²) < 4.78 is 1.33. The molecule has 0 aliphatic carbocycles. The molecule has 0 saturated carbocycles. The van der Waals surface area contributed by atoms with Crippen LogP contribution in [0.5, 0.6) is 0 Å². The molecule has 0 radical (unpaired) electrons. The zero-order chi connectivity index (χ0) is 9.97. The second-order valence-electron chi connectivity index (χ2n) is 4.00. The molecule has 0 spiro atoms. The number of hydrogen-bond donors (Lipinski definition) is 1. The van der Waals surface area contributed by atoms with Crippen molar-refractivity contribution in [3.8, 4) is 0 Å². The van der Waals surface area contributed by atoms with Gasteiger partial charge in [-0.2, -0.15) is 0 Å². The third-order valence-electron chi connectivity index (χ3n) is 2.92. The van der Waals surface area contributed by atoms with Crippen LogP contribution in [0.2, 0.25) is 0 Å². The first kappa shape index (κ1) is 10.4. The fourth-order valence-corrected chi connectivity index (χ4v) is 2.79. The minimum atomic E-state index is 0.598. The zero-order valence-corrected chi connectivity index (χ0v) is 10.7. The van der Waals surface area contributed by atoms with E-state index in [2.05, 4.69) is 53.0 Å². The highest BCUT2D eigenvalue weighted by Gasteiger charge is 2.15. The van der Waals surface area contributed by atoms with E-state index in [1.165, 1.54) is 40.5 Å². The van der Waals surface area contributed by atoms with Gasteiger partial charge in [-0.25, -0.2) is 0 Å². The minimum Gasteiger partial charge on any atom is -0.310 e. The Balaban J connectivity index is 2.22. The number of benzene rings is 1. The lowest BCUT2D eigenvalue weighted by molar-refractivity contribution is 0.411. The fourth-order valence-electron chi connectivity index (χ4n) is 2.15. The Kier molecular flexibility index (Phi) is 3.44. The summed E-state index contributed by atoms with van der Waals surface area (Å²) >= 11 is 2.37. The van der Waals surface area contributed by atoms with Crippen LogP contribution < -0.4 is 5.32 Å². The molecule has 1 aromatic rings. The number of nitrogens with one attached hydrogen (secondary N) is 1. The van der Waals surface area contributed by atoms with Crippen molar-refractivity contribution in [3.63, 3.8) is 0 Å². The molecule has 1 atom stereocenters. The number of rotatable bonds is 1. The van der Waals surface area contributed by atoms with E-state index >= 15 is 0 Å². The molecule has 1 N–H and O–H groups in total. The van der Waals surface area contributed by atoms with Crippen molar-refractivity contribution in [2.75, 3.05) is 6.54 Å².